The van der Waals surface area contributed by atoms with E-state index in [9.17, 15) is 9.59 Å². The Morgan fingerprint density at radius 1 is 1.25 bits per heavy atom. The Morgan fingerprint density at radius 3 is 2.71 bits per heavy atom. The van der Waals surface area contributed by atoms with Crippen molar-refractivity contribution in [2.75, 3.05) is 18.1 Å². The summed E-state index contributed by atoms with van der Waals surface area (Å²) in [5.74, 6) is -0.492. The summed E-state index contributed by atoms with van der Waals surface area (Å²) in [5, 5.41) is 0.531. The smallest absolute Gasteiger partial charge is 0.415 e. The van der Waals surface area contributed by atoms with E-state index in [4.69, 9.17) is 21.1 Å². The third-order valence-electron chi connectivity index (χ3n) is 3.70. The molecule has 1 atom stereocenters. The van der Waals surface area contributed by atoms with E-state index in [1.807, 2.05) is 30.3 Å². The maximum atomic E-state index is 12.4. The molecule has 0 aromatic heterocycles. The molecule has 0 saturated heterocycles. The van der Waals surface area contributed by atoms with E-state index in [2.05, 4.69) is 0 Å². The van der Waals surface area contributed by atoms with E-state index < -0.39 is 18.2 Å². The molecule has 1 heterocycles. The molecule has 6 heteroatoms. The molecule has 0 spiro atoms. The molecule has 1 amide bonds. The van der Waals surface area contributed by atoms with E-state index in [0.29, 0.717) is 10.7 Å². The van der Waals surface area contributed by atoms with Crippen LogP contribution in [0.25, 0.3) is 0 Å². The first-order chi connectivity index (χ1) is 11.6. The number of esters is 1. The van der Waals surface area contributed by atoms with E-state index in [0.717, 1.165) is 11.1 Å². The SMILES string of the molecule is CCOC(=O)CN1C(=O)O[C@@H](c2ccccc2)c2cc(Cl)ccc21. The van der Waals surface area contributed by atoms with Crippen LogP contribution in [0.3, 0.4) is 0 Å². The van der Waals surface area contributed by atoms with Crippen LogP contribution < -0.4 is 4.90 Å². The first kappa shape index (κ1) is 16.3. The molecule has 24 heavy (non-hydrogen) atoms. The molecule has 1 aliphatic heterocycles. The molecule has 5 nitrogen and oxygen atoms in total. The number of halogens is 1. The van der Waals surface area contributed by atoms with Crippen molar-refractivity contribution in [3.8, 4) is 0 Å². The highest BCUT2D eigenvalue weighted by Gasteiger charge is 2.35. The standard InChI is InChI=1S/C18H16ClNO4/c1-2-23-16(21)11-20-15-9-8-13(19)10-14(15)17(24-18(20)22)12-6-4-3-5-7-12/h3-10,17H,2,11H2,1H3/t17-/m0/s1. The second-order valence-corrected chi connectivity index (χ2v) is 5.71. The van der Waals surface area contributed by atoms with Gasteiger partial charge in [-0.3, -0.25) is 9.69 Å². The lowest BCUT2D eigenvalue weighted by molar-refractivity contribution is -0.141. The number of hydrogen-bond donors (Lipinski definition) is 0. The van der Waals surface area contributed by atoms with E-state index in [1.165, 1.54) is 4.90 Å². The molecule has 1 aliphatic rings. The molecule has 2 aromatic rings. The van der Waals surface area contributed by atoms with Gasteiger partial charge >= 0.3 is 12.1 Å². The van der Waals surface area contributed by atoms with Gasteiger partial charge in [-0.15, -0.1) is 0 Å². The van der Waals surface area contributed by atoms with Gasteiger partial charge in [0, 0.05) is 10.6 Å². The molecule has 0 bridgehead atoms. The summed E-state index contributed by atoms with van der Waals surface area (Å²) in [6, 6.07) is 14.5. The number of benzene rings is 2. The summed E-state index contributed by atoms with van der Waals surface area (Å²) < 4.78 is 10.5. The first-order valence-corrected chi connectivity index (χ1v) is 7.96. The highest BCUT2D eigenvalue weighted by molar-refractivity contribution is 6.30. The lowest BCUT2D eigenvalue weighted by Gasteiger charge is -2.33. The van der Waals surface area contributed by atoms with E-state index in [1.54, 1.807) is 25.1 Å². The second kappa shape index (κ2) is 6.93. The van der Waals surface area contributed by atoms with Gasteiger partial charge in [-0.1, -0.05) is 41.9 Å². The van der Waals surface area contributed by atoms with Crippen LogP contribution in [0.15, 0.2) is 48.5 Å². The number of carbonyl (C=O) groups is 2. The number of ether oxygens (including phenoxy) is 2. The lowest BCUT2D eigenvalue weighted by Crippen LogP contribution is -2.41. The van der Waals surface area contributed by atoms with Crippen LogP contribution in [0.5, 0.6) is 0 Å². The van der Waals surface area contributed by atoms with Crippen LogP contribution in [-0.4, -0.2) is 25.2 Å². The molecule has 0 fully saturated rings. The third kappa shape index (κ3) is 3.21. The topological polar surface area (TPSA) is 55.8 Å². The van der Waals surface area contributed by atoms with Gasteiger partial charge in [0.1, 0.15) is 6.54 Å². The first-order valence-electron chi connectivity index (χ1n) is 7.58. The van der Waals surface area contributed by atoms with E-state index >= 15 is 0 Å². The van der Waals surface area contributed by atoms with Crippen LogP contribution in [0, 0.1) is 0 Å². The Bertz CT molecular complexity index is 763. The van der Waals surface area contributed by atoms with Crippen LogP contribution >= 0.6 is 11.6 Å². The van der Waals surface area contributed by atoms with Gasteiger partial charge in [0.05, 0.1) is 12.3 Å². The van der Waals surface area contributed by atoms with Crippen molar-refractivity contribution in [1.82, 2.24) is 0 Å². The fraction of sp³-hybridized carbons (Fsp3) is 0.222. The number of nitrogens with zero attached hydrogens (tertiary/aromatic N) is 1. The van der Waals surface area contributed by atoms with Crippen LogP contribution in [0.1, 0.15) is 24.2 Å². The van der Waals surface area contributed by atoms with Crippen molar-refractivity contribution in [3.05, 3.63) is 64.7 Å². The molecule has 2 aromatic carbocycles. The lowest BCUT2D eigenvalue weighted by atomic mass is 9.98. The number of cyclic esters (lactones) is 1. The zero-order chi connectivity index (χ0) is 17.1. The van der Waals surface area contributed by atoms with Crippen molar-refractivity contribution in [3.63, 3.8) is 0 Å². The molecule has 0 radical (unpaired) electrons. The van der Waals surface area contributed by atoms with Crippen LogP contribution in [0.2, 0.25) is 5.02 Å². The summed E-state index contributed by atoms with van der Waals surface area (Å²) in [6.45, 7) is 1.76. The van der Waals surface area contributed by atoms with Crippen molar-refractivity contribution in [2.45, 2.75) is 13.0 Å². The van der Waals surface area contributed by atoms with Crippen LogP contribution in [0.4, 0.5) is 10.5 Å². The number of carbonyl (C=O) groups excluding carboxylic acids is 2. The van der Waals surface area contributed by atoms with Gasteiger partial charge in [0.2, 0.25) is 0 Å². The van der Waals surface area contributed by atoms with Crippen LogP contribution in [-0.2, 0) is 14.3 Å². The van der Waals surface area contributed by atoms with Crippen molar-refractivity contribution < 1.29 is 19.1 Å². The number of rotatable bonds is 4. The maximum absolute atomic E-state index is 12.4. The Balaban J connectivity index is 2.01. The molecule has 3 rings (SSSR count). The maximum Gasteiger partial charge on any atom is 0.415 e. The number of fused-ring (bicyclic) bond motifs is 1. The third-order valence-corrected chi connectivity index (χ3v) is 3.93. The van der Waals surface area contributed by atoms with Gasteiger partial charge in [-0.25, -0.2) is 4.79 Å². The summed E-state index contributed by atoms with van der Waals surface area (Å²) >= 11 is 6.12. The highest BCUT2D eigenvalue weighted by Crippen LogP contribution is 2.39. The fourth-order valence-electron chi connectivity index (χ4n) is 2.67. The summed E-state index contributed by atoms with van der Waals surface area (Å²) in [4.78, 5) is 25.5. The molecule has 0 N–H and O–H groups in total. The molecule has 124 valence electrons. The normalized spacial score (nSPS) is 16.3. The average molecular weight is 346 g/mol. The molecular formula is C18H16ClNO4. The van der Waals surface area contributed by atoms with Gasteiger partial charge < -0.3 is 9.47 Å². The Kier molecular flexibility index (Phi) is 4.71. The minimum Gasteiger partial charge on any atom is -0.465 e. The minimum absolute atomic E-state index is 0.206. The number of hydrogen-bond acceptors (Lipinski definition) is 4. The average Bonchev–Trinajstić information content (AvgIpc) is 2.58. The largest absolute Gasteiger partial charge is 0.465 e. The summed E-state index contributed by atoms with van der Waals surface area (Å²) in [6.07, 6.45) is -1.16. The predicted octanol–water partition coefficient (Wildman–Crippen LogP) is 3.95. The second-order valence-electron chi connectivity index (χ2n) is 5.27. The van der Waals surface area contributed by atoms with Crippen molar-refractivity contribution in [2.24, 2.45) is 0 Å². The Morgan fingerprint density at radius 2 is 2.00 bits per heavy atom. The van der Waals surface area contributed by atoms with Crippen molar-refractivity contribution >= 4 is 29.4 Å². The molecule has 0 saturated carbocycles. The summed E-state index contributed by atoms with van der Waals surface area (Å²) in [7, 11) is 0. The monoisotopic (exact) mass is 345 g/mol. The Hall–Kier alpha value is -2.53. The van der Waals surface area contributed by atoms with Gasteiger partial charge in [0.25, 0.3) is 0 Å². The zero-order valence-corrected chi connectivity index (χ0v) is 13.8. The zero-order valence-electron chi connectivity index (χ0n) is 13.1. The molecule has 0 unspecified atom stereocenters. The van der Waals surface area contributed by atoms with Gasteiger partial charge in [-0.2, -0.15) is 0 Å². The van der Waals surface area contributed by atoms with Crippen molar-refractivity contribution in [1.29, 1.82) is 0 Å². The Labute approximate surface area is 144 Å². The number of anilines is 1. The van der Waals surface area contributed by atoms with Gasteiger partial charge in [0.15, 0.2) is 6.10 Å². The molecule has 0 aliphatic carbocycles. The highest BCUT2D eigenvalue weighted by atomic mass is 35.5. The minimum atomic E-state index is -0.591. The number of amides is 1. The molecular weight excluding hydrogens is 330 g/mol. The summed E-state index contributed by atoms with van der Waals surface area (Å²) in [5.41, 5.74) is 2.17. The fourth-order valence-corrected chi connectivity index (χ4v) is 2.85. The van der Waals surface area contributed by atoms with E-state index in [-0.39, 0.29) is 13.2 Å². The van der Waals surface area contributed by atoms with Gasteiger partial charge in [-0.05, 0) is 30.7 Å². The predicted molar refractivity (Wildman–Crippen MR) is 90.2 cm³/mol. The quantitative estimate of drug-likeness (QED) is 0.787.